The van der Waals surface area contributed by atoms with Gasteiger partial charge in [0.1, 0.15) is 11.1 Å². The predicted octanol–water partition coefficient (Wildman–Crippen LogP) is 2.24. The number of amides is 2. The van der Waals surface area contributed by atoms with Crippen LogP contribution in [0.3, 0.4) is 0 Å². The molecule has 0 bridgehead atoms. The van der Waals surface area contributed by atoms with E-state index < -0.39 is 23.8 Å². The zero-order chi connectivity index (χ0) is 19.3. The largest absolute Gasteiger partial charge is 0.493 e. The summed E-state index contributed by atoms with van der Waals surface area (Å²) in [5.41, 5.74) is 2.43. The van der Waals surface area contributed by atoms with Gasteiger partial charge in [-0.25, -0.2) is 24.5 Å². The molecule has 0 aliphatic heterocycles. The number of nitrogens with one attached hydrogen (secondary N) is 2. The number of urea groups is 1. The fourth-order valence-corrected chi connectivity index (χ4v) is 2.34. The number of benzene rings is 1. The van der Waals surface area contributed by atoms with Crippen molar-refractivity contribution >= 4 is 23.7 Å². The van der Waals surface area contributed by atoms with Crippen LogP contribution < -0.4 is 10.7 Å². The lowest BCUT2D eigenvalue weighted by atomic mass is 10.1. The number of nitrogens with zero attached hydrogens (tertiary/aromatic N) is 1. The molecule has 0 aliphatic carbocycles. The van der Waals surface area contributed by atoms with E-state index in [0.29, 0.717) is 5.69 Å². The number of carbonyl (C=O) groups is 3. The van der Waals surface area contributed by atoms with E-state index in [1.807, 2.05) is 0 Å². The van der Waals surface area contributed by atoms with Crippen LogP contribution in [0.25, 0.3) is 0 Å². The first kappa shape index (κ1) is 18.8. The number of carbonyl (C=O) groups excluding carboxylic acids is 3. The number of aromatic nitrogens is 1. The van der Waals surface area contributed by atoms with E-state index in [9.17, 15) is 19.5 Å². The molecule has 0 fully saturated rings. The van der Waals surface area contributed by atoms with Crippen molar-refractivity contribution in [2.24, 2.45) is 0 Å². The topological polar surface area (TPSA) is 119 Å². The first-order chi connectivity index (χ1) is 12.4. The Kier molecular flexibility index (Phi) is 5.84. The molecular weight excluding hydrogens is 342 g/mol. The number of ether oxygens (including phenoxy) is 2. The Bertz CT molecular complexity index is 829. The van der Waals surface area contributed by atoms with Gasteiger partial charge in [-0.1, -0.05) is 18.2 Å². The maximum Gasteiger partial charge on any atom is 0.344 e. The molecule has 0 radical (unpaired) electrons. The van der Waals surface area contributed by atoms with Crippen molar-refractivity contribution in [1.29, 1.82) is 0 Å². The molecule has 1 aromatic heterocycles. The molecule has 1 aromatic carbocycles. The Morgan fingerprint density at radius 2 is 1.77 bits per heavy atom. The quantitative estimate of drug-likeness (QED) is 0.703. The molecule has 0 saturated carbocycles. The number of methoxy groups -OCH3 is 1. The second kappa shape index (κ2) is 8.06. The monoisotopic (exact) mass is 361 g/mol. The van der Waals surface area contributed by atoms with Crippen molar-refractivity contribution in [3.63, 3.8) is 0 Å². The van der Waals surface area contributed by atoms with Crippen molar-refractivity contribution < 1.29 is 29.0 Å². The smallest absolute Gasteiger partial charge is 0.344 e. The molecule has 0 aliphatic rings. The highest BCUT2D eigenvalue weighted by Gasteiger charge is 2.32. The van der Waals surface area contributed by atoms with E-state index in [4.69, 9.17) is 4.74 Å². The van der Waals surface area contributed by atoms with Gasteiger partial charge in [-0.2, -0.15) is 0 Å². The summed E-state index contributed by atoms with van der Waals surface area (Å²) < 4.78 is 10.4. The zero-order valence-corrected chi connectivity index (χ0v) is 14.5. The van der Waals surface area contributed by atoms with Gasteiger partial charge < -0.3 is 19.9 Å². The van der Waals surface area contributed by atoms with Gasteiger partial charge in [-0.05, 0) is 26.0 Å². The third-order valence-electron chi connectivity index (χ3n) is 3.50. The van der Waals surface area contributed by atoms with Gasteiger partial charge in [-0.15, -0.1) is 0 Å². The number of rotatable bonds is 5. The zero-order valence-electron chi connectivity index (χ0n) is 14.5. The fraction of sp³-hybridized carbons (Fsp3) is 0.235. The normalized spacial score (nSPS) is 10.1. The van der Waals surface area contributed by atoms with Gasteiger partial charge >= 0.3 is 18.0 Å². The summed E-state index contributed by atoms with van der Waals surface area (Å²) in [6.45, 7) is 3.13. The summed E-state index contributed by atoms with van der Waals surface area (Å²) in [4.78, 5) is 36.3. The van der Waals surface area contributed by atoms with Gasteiger partial charge in [0.2, 0.25) is 5.88 Å². The van der Waals surface area contributed by atoms with Gasteiger partial charge in [-0.3, -0.25) is 0 Å². The van der Waals surface area contributed by atoms with Crippen LogP contribution in [0.2, 0.25) is 0 Å². The minimum absolute atomic E-state index is 0.0761. The average Bonchev–Trinajstić information content (AvgIpc) is 2.86. The molecule has 0 spiro atoms. The molecular formula is C17H19N3O6. The SMILES string of the molecule is CCOC(=O)c1c(C(=O)OC)c(O)n(NC(=O)Nc2ccccc2)c1C. The highest BCUT2D eigenvalue weighted by atomic mass is 16.5. The number of para-hydroxylation sites is 1. The van der Waals surface area contributed by atoms with E-state index in [0.717, 1.165) is 11.8 Å². The van der Waals surface area contributed by atoms with Crippen LogP contribution in [0.4, 0.5) is 10.5 Å². The highest BCUT2D eigenvalue weighted by molar-refractivity contribution is 6.06. The molecule has 138 valence electrons. The Hall–Kier alpha value is -3.49. The van der Waals surface area contributed by atoms with Crippen LogP contribution in [0.15, 0.2) is 30.3 Å². The standard InChI is InChI=1S/C17H19N3O6/c1-4-26-16(23)12-10(2)20(14(21)13(12)15(22)25-3)19-17(24)18-11-8-6-5-7-9-11/h5-9,21H,4H2,1-3H3,(H2,18,19,24). The summed E-state index contributed by atoms with van der Waals surface area (Å²) in [5.74, 6) is -2.39. The van der Waals surface area contributed by atoms with E-state index in [1.54, 1.807) is 37.3 Å². The Morgan fingerprint density at radius 1 is 1.12 bits per heavy atom. The van der Waals surface area contributed by atoms with Crippen LogP contribution in [0, 0.1) is 6.92 Å². The molecule has 2 amide bonds. The Balaban J connectivity index is 2.37. The Morgan fingerprint density at radius 3 is 2.35 bits per heavy atom. The lowest BCUT2D eigenvalue weighted by molar-refractivity contribution is 0.0503. The molecule has 9 nitrogen and oxygen atoms in total. The van der Waals surface area contributed by atoms with E-state index in [2.05, 4.69) is 15.5 Å². The summed E-state index contributed by atoms with van der Waals surface area (Å²) in [7, 11) is 1.11. The molecule has 0 saturated heterocycles. The maximum atomic E-state index is 12.2. The summed E-state index contributed by atoms with van der Waals surface area (Å²) in [5, 5.41) is 12.9. The average molecular weight is 361 g/mol. The molecule has 0 unspecified atom stereocenters. The van der Waals surface area contributed by atoms with Crippen molar-refractivity contribution in [3.05, 3.63) is 47.2 Å². The lowest BCUT2D eigenvalue weighted by Gasteiger charge is -2.11. The fourth-order valence-electron chi connectivity index (χ4n) is 2.34. The van der Waals surface area contributed by atoms with Crippen LogP contribution >= 0.6 is 0 Å². The molecule has 2 rings (SSSR count). The molecule has 3 N–H and O–H groups in total. The van der Waals surface area contributed by atoms with E-state index in [1.165, 1.54) is 6.92 Å². The van der Waals surface area contributed by atoms with E-state index >= 15 is 0 Å². The van der Waals surface area contributed by atoms with Crippen molar-refractivity contribution in [1.82, 2.24) is 4.68 Å². The highest BCUT2D eigenvalue weighted by Crippen LogP contribution is 2.29. The number of anilines is 1. The van der Waals surface area contributed by atoms with Crippen molar-refractivity contribution in [2.75, 3.05) is 24.5 Å². The van der Waals surface area contributed by atoms with Crippen molar-refractivity contribution in [2.45, 2.75) is 13.8 Å². The predicted molar refractivity (Wildman–Crippen MR) is 93.0 cm³/mol. The summed E-state index contributed by atoms with van der Waals surface area (Å²) >= 11 is 0. The second-order valence-electron chi connectivity index (χ2n) is 5.14. The molecule has 9 heteroatoms. The second-order valence-corrected chi connectivity index (χ2v) is 5.14. The van der Waals surface area contributed by atoms with Crippen LogP contribution in [-0.2, 0) is 9.47 Å². The van der Waals surface area contributed by atoms with Gasteiger partial charge in [0.25, 0.3) is 0 Å². The van der Waals surface area contributed by atoms with Crippen LogP contribution in [0.1, 0.15) is 33.3 Å². The maximum absolute atomic E-state index is 12.2. The molecule has 2 aromatic rings. The third kappa shape index (κ3) is 3.77. The minimum atomic E-state index is -0.933. The van der Waals surface area contributed by atoms with Gasteiger partial charge in [0.15, 0.2) is 0 Å². The van der Waals surface area contributed by atoms with Crippen molar-refractivity contribution in [3.8, 4) is 5.88 Å². The third-order valence-corrected chi connectivity index (χ3v) is 3.50. The molecule has 0 atom stereocenters. The number of hydrogen-bond donors (Lipinski definition) is 3. The van der Waals surface area contributed by atoms with E-state index in [-0.39, 0.29) is 23.4 Å². The number of hydrogen-bond acceptors (Lipinski definition) is 6. The summed E-state index contributed by atoms with van der Waals surface area (Å²) in [6.07, 6.45) is 0. The first-order valence-corrected chi connectivity index (χ1v) is 7.73. The van der Waals surface area contributed by atoms with Gasteiger partial charge in [0.05, 0.1) is 19.4 Å². The summed E-state index contributed by atoms with van der Waals surface area (Å²) in [6, 6.07) is 7.93. The van der Waals surface area contributed by atoms with Gasteiger partial charge in [0, 0.05) is 5.69 Å². The number of esters is 2. The minimum Gasteiger partial charge on any atom is -0.493 e. The first-order valence-electron chi connectivity index (χ1n) is 7.73. The molecule has 26 heavy (non-hydrogen) atoms. The lowest BCUT2D eigenvalue weighted by Crippen LogP contribution is -2.28. The van der Waals surface area contributed by atoms with Crippen LogP contribution in [0.5, 0.6) is 5.88 Å². The Labute approximate surface area is 149 Å². The van der Waals surface area contributed by atoms with Crippen LogP contribution in [-0.4, -0.2) is 41.5 Å². The molecule has 1 heterocycles. The number of aromatic hydroxyl groups is 1.